The summed E-state index contributed by atoms with van der Waals surface area (Å²) in [6.07, 6.45) is 4.59. The van der Waals surface area contributed by atoms with Crippen LogP contribution >= 0.6 is 11.3 Å². The molecule has 154 valence electrons. The van der Waals surface area contributed by atoms with Gasteiger partial charge in [-0.3, -0.25) is 9.36 Å². The van der Waals surface area contributed by atoms with Gasteiger partial charge in [-0.15, -0.1) is 11.3 Å². The average Bonchev–Trinajstić information content (AvgIpc) is 3.28. The van der Waals surface area contributed by atoms with Crippen molar-refractivity contribution in [1.29, 1.82) is 0 Å². The van der Waals surface area contributed by atoms with E-state index in [0.717, 1.165) is 40.4 Å². The first-order valence-electron chi connectivity index (χ1n) is 10.2. The Labute approximate surface area is 177 Å². The van der Waals surface area contributed by atoms with Crippen molar-refractivity contribution in [3.8, 4) is 0 Å². The Morgan fingerprint density at radius 3 is 3.03 bits per heavy atom. The predicted octanol–water partition coefficient (Wildman–Crippen LogP) is 4.55. The maximum Gasteiger partial charge on any atom is 0.374 e. The Balaban J connectivity index is 1.64. The minimum absolute atomic E-state index is 0.0628. The van der Waals surface area contributed by atoms with Gasteiger partial charge in [0.15, 0.2) is 0 Å². The van der Waals surface area contributed by atoms with Crippen molar-refractivity contribution in [1.82, 2.24) is 9.55 Å². The second-order valence-electron chi connectivity index (χ2n) is 7.84. The van der Waals surface area contributed by atoms with E-state index < -0.39 is 5.97 Å². The first kappa shape index (κ1) is 19.1. The number of fused-ring (bicyclic) bond motifs is 4. The number of rotatable bonds is 4. The molecule has 1 atom stereocenters. The maximum atomic E-state index is 13.4. The molecular formula is C23H22N2O4S. The number of furan rings is 1. The highest BCUT2D eigenvalue weighted by molar-refractivity contribution is 7.18. The number of para-hydroxylation sites is 1. The van der Waals surface area contributed by atoms with Crippen molar-refractivity contribution < 1.29 is 13.9 Å². The lowest BCUT2D eigenvalue weighted by Crippen LogP contribution is -2.23. The number of carbonyl (C=O) groups is 1. The summed E-state index contributed by atoms with van der Waals surface area (Å²) >= 11 is 1.63. The average molecular weight is 423 g/mol. The smallest absolute Gasteiger partial charge is 0.374 e. The number of aromatic nitrogens is 2. The Hall–Kier alpha value is -2.93. The number of ether oxygens (including phenoxy) is 1. The van der Waals surface area contributed by atoms with Crippen LogP contribution in [0.3, 0.4) is 0 Å². The van der Waals surface area contributed by atoms with Crippen molar-refractivity contribution in [3.63, 3.8) is 0 Å². The molecular weight excluding hydrogens is 400 g/mol. The van der Waals surface area contributed by atoms with E-state index in [9.17, 15) is 9.59 Å². The molecule has 1 aromatic carbocycles. The minimum Gasteiger partial charge on any atom is -0.460 e. The lowest BCUT2D eigenvalue weighted by Gasteiger charge is -2.17. The second kappa shape index (κ2) is 7.40. The van der Waals surface area contributed by atoms with Crippen molar-refractivity contribution in [2.45, 2.75) is 39.7 Å². The molecule has 0 N–H and O–H groups in total. The van der Waals surface area contributed by atoms with Gasteiger partial charge in [0.25, 0.3) is 5.56 Å². The number of aryl methyl sites for hydroxylation is 1. The molecule has 6 nitrogen and oxygen atoms in total. The molecule has 3 heterocycles. The molecule has 1 aliphatic rings. The van der Waals surface area contributed by atoms with E-state index in [1.807, 2.05) is 24.3 Å². The molecule has 7 heteroatoms. The third kappa shape index (κ3) is 3.04. The van der Waals surface area contributed by atoms with Gasteiger partial charge in [0.05, 0.1) is 24.9 Å². The number of esters is 1. The Morgan fingerprint density at radius 1 is 1.37 bits per heavy atom. The summed E-state index contributed by atoms with van der Waals surface area (Å²) in [7, 11) is 0. The third-order valence-electron chi connectivity index (χ3n) is 5.77. The first-order chi connectivity index (χ1) is 14.6. The van der Waals surface area contributed by atoms with Gasteiger partial charge in [-0.25, -0.2) is 9.78 Å². The van der Waals surface area contributed by atoms with Gasteiger partial charge in [-0.1, -0.05) is 25.1 Å². The van der Waals surface area contributed by atoms with Crippen molar-refractivity contribution in [2.75, 3.05) is 6.61 Å². The number of nitrogens with zero attached hydrogens (tertiary/aromatic N) is 2. The van der Waals surface area contributed by atoms with E-state index in [1.165, 1.54) is 4.88 Å². The number of carbonyl (C=O) groups excluding carboxylic acids is 1. The van der Waals surface area contributed by atoms with Crippen molar-refractivity contribution in [2.24, 2.45) is 5.92 Å². The van der Waals surface area contributed by atoms with Gasteiger partial charge in [-0.05, 0) is 43.7 Å². The summed E-state index contributed by atoms with van der Waals surface area (Å²) < 4.78 is 12.5. The van der Waals surface area contributed by atoms with E-state index in [2.05, 4.69) is 11.9 Å². The molecule has 0 saturated heterocycles. The molecule has 0 saturated carbocycles. The van der Waals surface area contributed by atoms with Crippen LogP contribution in [0.5, 0.6) is 0 Å². The quantitative estimate of drug-likeness (QED) is 0.451. The molecule has 3 aromatic heterocycles. The number of hydrogen-bond donors (Lipinski definition) is 0. The molecule has 0 fully saturated rings. The van der Waals surface area contributed by atoms with Gasteiger partial charge in [0.2, 0.25) is 5.76 Å². The zero-order valence-electron chi connectivity index (χ0n) is 16.9. The SMILES string of the molecule is CCOC(=O)c1oc2ccccc2c1Cn1cnc2sc3c(c2c1=O)CCC(C)C3. The maximum absolute atomic E-state index is 13.4. The molecule has 0 radical (unpaired) electrons. The van der Waals surface area contributed by atoms with E-state index in [1.54, 1.807) is 29.2 Å². The summed E-state index contributed by atoms with van der Waals surface area (Å²) in [4.78, 5) is 32.5. The molecule has 0 bridgehead atoms. The van der Waals surface area contributed by atoms with Gasteiger partial charge < -0.3 is 9.15 Å². The molecule has 1 aliphatic carbocycles. The molecule has 0 aliphatic heterocycles. The molecule has 0 spiro atoms. The van der Waals surface area contributed by atoms with Crippen LogP contribution in [-0.4, -0.2) is 22.1 Å². The summed E-state index contributed by atoms with van der Waals surface area (Å²) in [6, 6.07) is 7.43. The highest BCUT2D eigenvalue weighted by Crippen LogP contribution is 2.35. The van der Waals surface area contributed by atoms with E-state index in [4.69, 9.17) is 9.15 Å². The van der Waals surface area contributed by atoms with Crippen LogP contribution in [0.15, 0.2) is 39.8 Å². The standard InChI is InChI=1S/C23H22N2O4S/c1-3-28-23(27)20-16(14-6-4-5-7-17(14)29-20)11-25-12-24-21-19(22(25)26)15-9-8-13(2)10-18(15)30-21/h4-7,12-13H,3,8-11H2,1-2H3. The topological polar surface area (TPSA) is 74.3 Å². The van der Waals surface area contributed by atoms with E-state index in [-0.39, 0.29) is 24.5 Å². The highest BCUT2D eigenvalue weighted by Gasteiger charge is 2.25. The van der Waals surface area contributed by atoms with Crippen LogP contribution in [-0.2, 0) is 24.1 Å². The van der Waals surface area contributed by atoms with Crippen LogP contribution in [0.25, 0.3) is 21.2 Å². The fourth-order valence-corrected chi connectivity index (χ4v) is 5.61. The van der Waals surface area contributed by atoms with E-state index in [0.29, 0.717) is 17.1 Å². The van der Waals surface area contributed by atoms with Crippen LogP contribution in [0.2, 0.25) is 0 Å². The number of thiophene rings is 1. The normalized spacial score (nSPS) is 16.1. The molecule has 1 unspecified atom stereocenters. The fraction of sp³-hybridized carbons (Fsp3) is 0.348. The van der Waals surface area contributed by atoms with Gasteiger partial charge in [0.1, 0.15) is 10.4 Å². The van der Waals surface area contributed by atoms with Gasteiger partial charge in [0, 0.05) is 15.8 Å². The van der Waals surface area contributed by atoms with Gasteiger partial charge >= 0.3 is 5.97 Å². The lowest BCUT2D eigenvalue weighted by atomic mass is 9.89. The minimum atomic E-state index is -0.521. The summed E-state index contributed by atoms with van der Waals surface area (Å²) in [5.41, 5.74) is 2.33. The van der Waals surface area contributed by atoms with Crippen LogP contribution in [0.1, 0.15) is 46.8 Å². The van der Waals surface area contributed by atoms with Crippen molar-refractivity contribution >= 4 is 38.5 Å². The Bertz CT molecular complexity index is 1330. The Kier molecular flexibility index (Phi) is 4.70. The third-order valence-corrected chi connectivity index (χ3v) is 6.93. The largest absolute Gasteiger partial charge is 0.460 e. The fourth-order valence-electron chi connectivity index (χ4n) is 4.27. The number of hydrogen-bond acceptors (Lipinski definition) is 6. The Morgan fingerprint density at radius 2 is 2.20 bits per heavy atom. The van der Waals surface area contributed by atoms with Crippen LogP contribution < -0.4 is 5.56 Å². The molecule has 4 aromatic rings. The summed E-state index contributed by atoms with van der Waals surface area (Å²) in [5, 5.41) is 1.53. The summed E-state index contributed by atoms with van der Waals surface area (Å²) in [5.74, 6) is 0.260. The monoisotopic (exact) mass is 422 g/mol. The highest BCUT2D eigenvalue weighted by atomic mass is 32.1. The second-order valence-corrected chi connectivity index (χ2v) is 8.92. The van der Waals surface area contributed by atoms with Crippen LogP contribution in [0.4, 0.5) is 0 Å². The zero-order chi connectivity index (χ0) is 20.8. The zero-order valence-corrected chi connectivity index (χ0v) is 17.8. The van der Waals surface area contributed by atoms with Crippen molar-refractivity contribution in [3.05, 3.63) is 62.7 Å². The predicted molar refractivity (Wildman–Crippen MR) is 116 cm³/mol. The van der Waals surface area contributed by atoms with E-state index >= 15 is 0 Å². The molecule has 30 heavy (non-hydrogen) atoms. The van der Waals surface area contributed by atoms with Gasteiger partial charge in [-0.2, -0.15) is 0 Å². The molecule has 0 amide bonds. The number of benzene rings is 1. The lowest BCUT2D eigenvalue weighted by molar-refractivity contribution is 0.0490. The first-order valence-corrected chi connectivity index (χ1v) is 11.1. The molecule has 5 rings (SSSR count). The van der Waals surface area contributed by atoms with Crippen LogP contribution in [0, 0.1) is 5.92 Å². The summed E-state index contributed by atoms with van der Waals surface area (Å²) in [6.45, 7) is 4.46.